The Bertz CT molecular complexity index is 1380. The van der Waals surface area contributed by atoms with Gasteiger partial charge in [0.05, 0.1) is 32.4 Å². The van der Waals surface area contributed by atoms with Crippen LogP contribution in [-0.4, -0.2) is 32.3 Å². The summed E-state index contributed by atoms with van der Waals surface area (Å²) >= 11 is 0. The molecule has 4 rings (SSSR count). The van der Waals surface area contributed by atoms with Gasteiger partial charge in [-0.3, -0.25) is 4.79 Å². The summed E-state index contributed by atoms with van der Waals surface area (Å²) in [5, 5.41) is 5.89. The lowest BCUT2D eigenvalue weighted by molar-refractivity contribution is -0.120. The quantitative estimate of drug-likeness (QED) is 0.174. The summed E-state index contributed by atoms with van der Waals surface area (Å²) in [4.78, 5) is 25.2. The molecule has 7 heteroatoms. The van der Waals surface area contributed by atoms with E-state index in [1.165, 1.54) is 20.4 Å². The Morgan fingerprint density at radius 2 is 1.54 bits per heavy atom. The predicted molar refractivity (Wildman–Crippen MR) is 134 cm³/mol. The third kappa shape index (κ3) is 5.65. The summed E-state index contributed by atoms with van der Waals surface area (Å²) in [6.45, 7) is 0. The van der Waals surface area contributed by atoms with E-state index in [0.717, 1.165) is 16.3 Å². The fraction of sp³-hybridized carbons (Fsp3) is 0.107. The minimum absolute atomic E-state index is 0.203. The van der Waals surface area contributed by atoms with Gasteiger partial charge in [-0.1, -0.05) is 60.7 Å². The molecule has 1 N–H and O–H groups in total. The van der Waals surface area contributed by atoms with E-state index in [9.17, 15) is 9.59 Å². The lowest BCUT2D eigenvalue weighted by Crippen LogP contribution is -2.19. The topological polar surface area (TPSA) is 86.2 Å². The van der Waals surface area contributed by atoms with Gasteiger partial charge in [0.2, 0.25) is 5.91 Å². The fourth-order valence-corrected chi connectivity index (χ4v) is 3.61. The van der Waals surface area contributed by atoms with Crippen LogP contribution in [0.5, 0.6) is 17.2 Å². The van der Waals surface area contributed by atoms with E-state index >= 15 is 0 Å². The second-order valence-electron chi connectivity index (χ2n) is 7.61. The minimum atomic E-state index is -0.566. The molecule has 0 saturated heterocycles. The maximum atomic E-state index is 12.9. The van der Waals surface area contributed by atoms with Crippen LogP contribution < -0.4 is 19.6 Å². The largest absolute Gasteiger partial charge is 0.493 e. The molecule has 0 aliphatic heterocycles. The number of benzene rings is 4. The molecule has 0 aliphatic carbocycles. The zero-order valence-electron chi connectivity index (χ0n) is 19.4. The molecule has 0 aromatic heterocycles. The molecule has 0 atom stereocenters. The van der Waals surface area contributed by atoms with Gasteiger partial charge in [-0.15, -0.1) is 0 Å². The first-order valence-corrected chi connectivity index (χ1v) is 10.9. The SMILES string of the molecule is COc1ccc(C(=O)Oc2ccc3ccccc3c2C=NNC(=O)Cc2ccccc2)cc1OC. The molecule has 4 aromatic carbocycles. The molecule has 7 nitrogen and oxygen atoms in total. The fourth-order valence-electron chi connectivity index (χ4n) is 3.61. The number of hydrogen-bond donors (Lipinski definition) is 1. The first-order valence-electron chi connectivity index (χ1n) is 10.9. The molecule has 0 fully saturated rings. The number of nitrogens with zero attached hydrogens (tertiary/aromatic N) is 1. The van der Waals surface area contributed by atoms with Crippen molar-refractivity contribution in [3.05, 3.63) is 102 Å². The highest BCUT2D eigenvalue weighted by atomic mass is 16.5. The highest BCUT2D eigenvalue weighted by Gasteiger charge is 2.16. The minimum Gasteiger partial charge on any atom is -0.493 e. The number of nitrogens with one attached hydrogen (secondary N) is 1. The van der Waals surface area contributed by atoms with E-state index in [1.54, 1.807) is 24.3 Å². The summed E-state index contributed by atoms with van der Waals surface area (Å²) in [7, 11) is 3.02. The number of fused-ring (bicyclic) bond motifs is 1. The van der Waals surface area contributed by atoms with Gasteiger partial charge >= 0.3 is 5.97 Å². The average Bonchev–Trinajstić information content (AvgIpc) is 2.89. The zero-order chi connectivity index (χ0) is 24.6. The van der Waals surface area contributed by atoms with Crippen molar-refractivity contribution in [3.63, 3.8) is 0 Å². The monoisotopic (exact) mass is 468 g/mol. The van der Waals surface area contributed by atoms with Crippen LogP contribution in [0.25, 0.3) is 10.8 Å². The smallest absolute Gasteiger partial charge is 0.343 e. The number of amides is 1. The summed E-state index contributed by atoms with van der Waals surface area (Å²) < 4.78 is 16.2. The molecule has 0 saturated carbocycles. The molecular weight excluding hydrogens is 444 g/mol. The molecule has 35 heavy (non-hydrogen) atoms. The van der Waals surface area contributed by atoms with Crippen molar-refractivity contribution in [2.75, 3.05) is 14.2 Å². The number of hydrazone groups is 1. The van der Waals surface area contributed by atoms with Crippen LogP contribution in [0.15, 0.2) is 90.0 Å². The van der Waals surface area contributed by atoms with Gasteiger partial charge < -0.3 is 14.2 Å². The van der Waals surface area contributed by atoms with E-state index in [-0.39, 0.29) is 12.3 Å². The first-order chi connectivity index (χ1) is 17.1. The summed E-state index contributed by atoms with van der Waals surface area (Å²) in [6, 6.07) is 25.4. The molecule has 0 unspecified atom stereocenters. The van der Waals surface area contributed by atoms with Crippen molar-refractivity contribution in [2.45, 2.75) is 6.42 Å². The first kappa shape index (κ1) is 23.5. The number of hydrogen-bond acceptors (Lipinski definition) is 6. The van der Waals surface area contributed by atoms with Crippen molar-refractivity contribution >= 4 is 28.9 Å². The Balaban J connectivity index is 1.58. The Morgan fingerprint density at radius 1 is 0.829 bits per heavy atom. The second-order valence-corrected chi connectivity index (χ2v) is 7.61. The Morgan fingerprint density at radius 3 is 2.31 bits per heavy atom. The van der Waals surface area contributed by atoms with Gasteiger partial charge in [0.25, 0.3) is 0 Å². The summed E-state index contributed by atoms with van der Waals surface area (Å²) in [5.41, 5.74) is 4.30. The molecule has 176 valence electrons. The molecule has 0 heterocycles. The number of methoxy groups -OCH3 is 2. The van der Waals surface area contributed by atoms with Gasteiger partial charge in [-0.2, -0.15) is 5.10 Å². The molecule has 4 aromatic rings. The lowest BCUT2D eigenvalue weighted by Gasteiger charge is -2.12. The van der Waals surface area contributed by atoms with E-state index in [1.807, 2.05) is 60.7 Å². The maximum absolute atomic E-state index is 12.9. The molecule has 1 amide bonds. The van der Waals surface area contributed by atoms with Crippen LogP contribution in [0.1, 0.15) is 21.5 Å². The normalized spacial score (nSPS) is 10.8. The van der Waals surface area contributed by atoms with Gasteiger partial charge in [0, 0.05) is 5.56 Å². The number of carbonyl (C=O) groups excluding carboxylic acids is 2. The van der Waals surface area contributed by atoms with Crippen molar-refractivity contribution in [1.29, 1.82) is 0 Å². The Labute approximate surface area is 202 Å². The van der Waals surface area contributed by atoms with Gasteiger partial charge in [-0.25, -0.2) is 10.2 Å². The lowest BCUT2D eigenvalue weighted by atomic mass is 10.0. The standard InChI is InChI=1S/C28H24N2O5/c1-33-25-15-13-21(17-26(25)34-2)28(32)35-24-14-12-20-10-6-7-11-22(20)23(24)18-29-30-27(31)16-19-8-4-3-5-9-19/h3-15,17-18H,16H2,1-2H3,(H,30,31). The highest BCUT2D eigenvalue weighted by Crippen LogP contribution is 2.30. The van der Waals surface area contributed by atoms with Crippen LogP contribution in [0.3, 0.4) is 0 Å². The van der Waals surface area contributed by atoms with Crippen molar-refractivity contribution in [1.82, 2.24) is 5.43 Å². The maximum Gasteiger partial charge on any atom is 0.343 e. The highest BCUT2D eigenvalue weighted by molar-refractivity contribution is 6.04. The third-order valence-corrected chi connectivity index (χ3v) is 5.34. The van der Waals surface area contributed by atoms with Crippen molar-refractivity contribution in [3.8, 4) is 17.2 Å². The van der Waals surface area contributed by atoms with Gasteiger partial charge in [0.15, 0.2) is 11.5 Å². The van der Waals surface area contributed by atoms with Gasteiger partial charge in [-0.05, 0) is 40.6 Å². The number of carbonyl (C=O) groups is 2. The third-order valence-electron chi connectivity index (χ3n) is 5.34. The van der Waals surface area contributed by atoms with Crippen molar-refractivity contribution < 1.29 is 23.8 Å². The van der Waals surface area contributed by atoms with Crippen LogP contribution in [-0.2, 0) is 11.2 Å². The summed E-state index contributed by atoms with van der Waals surface area (Å²) in [6.07, 6.45) is 1.69. The van der Waals surface area contributed by atoms with Crippen LogP contribution >= 0.6 is 0 Å². The predicted octanol–water partition coefficient (Wildman–Crippen LogP) is 4.77. The van der Waals surface area contributed by atoms with Crippen LogP contribution in [0.4, 0.5) is 0 Å². The van der Waals surface area contributed by atoms with E-state index in [4.69, 9.17) is 14.2 Å². The van der Waals surface area contributed by atoms with E-state index in [2.05, 4.69) is 10.5 Å². The van der Waals surface area contributed by atoms with Crippen LogP contribution in [0.2, 0.25) is 0 Å². The number of esters is 1. The molecular formula is C28H24N2O5. The van der Waals surface area contributed by atoms with E-state index < -0.39 is 5.97 Å². The molecule has 0 aliphatic rings. The van der Waals surface area contributed by atoms with Crippen molar-refractivity contribution in [2.24, 2.45) is 5.10 Å². The molecule has 0 spiro atoms. The zero-order valence-corrected chi connectivity index (χ0v) is 19.4. The Hall–Kier alpha value is -4.65. The van der Waals surface area contributed by atoms with Gasteiger partial charge in [0.1, 0.15) is 5.75 Å². The Kier molecular flexibility index (Phi) is 7.37. The van der Waals surface area contributed by atoms with Crippen LogP contribution in [0, 0.1) is 0 Å². The number of ether oxygens (including phenoxy) is 3. The number of rotatable bonds is 8. The average molecular weight is 469 g/mol. The van der Waals surface area contributed by atoms with E-state index in [0.29, 0.717) is 28.4 Å². The molecule has 0 bridgehead atoms. The summed E-state index contributed by atoms with van der Waals surface area (Å²) in [5.74, 6) is 0.419. The molecule has 0 radical (unpaired) electrons. The second kappa shape index (κ2) is 11.0.